The second kappa shape index (κ2) is 9.23. The van der Waals surface area contributed by atoms with E-state index in [1.165, 1.54) is 0 Å². The van der Waals surface area contributed by atoms with Crippen molar-refractivity contribution in [2.75, 3.05) is 6.61 Å². The summed E-state index contributed by atoms with van der Waals surface area (Å²) >= 11 is 0. The summed E-state index contributed by atoms with van der Waals surface area (Å²) in [7, 11) is 0. The van der Waals surface area contributed by atoms with Crippen LogP contribution in [0.5, 0.6) is 0 Å². The van der Waals surface area contributed by atoms with E-state index in [1.54, 1.807) is 0 Å². The smallest absolute Gasteiger partial charge is 0.184 e. The van der Waals surface area contributed by atoms with Gasteiger partial charge in [0.25, 0.3) is 0 Å². The molecule has 0 saturated carbocycles. The highest BCUT2D eigenvalue weighted by Crippen LogP contribution is 2.24. The zero-order valence-corrected chi connectivity index (χ0v) is 14.3. The van der Waals surface area contributed by atoms with Gasteiger partial charge in [0.2, 0.25) is 0 Å². The van der Waals surface area contributed by atoms with Gasteiger partial charge in [0.15, 0.2) is 6.29 Å². The number of hydrogen-bond donors (Lipinski definition) is 3. The van der Waals surface area contributed by atoms with Crippen LogP contribution in [0.1, 0.15) is 11.1 Å². The summed E-state index contributed by atoms with van der Waals surface area (Å²) in [4.78, 5) is 0. The molecule has 0 amide bonds. The van der Waals surface area contributed by atoms with Crippen LogP contribution in [0.25, 0.3) is 0 Å². The van der Waals surface area contributed by atoms with Crippen molar-refractivity contribution in [3.8, 4) is 0 Å². The molecule has 6 nitrogen and oxygen atoms in total. The Kier molecular flexibility index (Phi) is 6.73. The fourth-order valence-corrected chi connectivity index (χ4v) is 2.88. The van der Waals surface area contributed by atoms with E-state index in [4.69, 9.17) is 14.2 Å². The predicted molar refractivity (Wildman–Crippen MR) is 94.0 cm³/mol. The summed E-state index contributed by atoms with van der Waals surface area (Å²) in [5, 5.41) is 30.5. The maximum atomic E-state index is 10.5. The van der Waals surface area contributed by atoms with E-state index in [2.05, 4.69) is 0 Å². The standard InChI is InChI=1S/C20H24O6/c21-17-16(13-24-11-14-7-3-1-4-8-14)26-20(23)18(22)19(17)25-12-15-9-5-2-6-10-15/h1-10,16-23H,11-13H2/t16-,17-,18+,19+,20+/m1/s1. The van der Waals surface area contributed by atoms with Crippen LogP contribution in [0.3, 0.4) is 0 Å². The van der Waals surface area contributed by atoms with Gasteiger partial charge in [-0.1, -0.05) is 60.7 Å². The molecule has 26 heavy (non-hydrogen) atoms. The van der Waals surface area contributed by atoms with E-state index in [9.17, 15) is 15.3 Å². The number of aliphatic hydroxyl groups is 3. The lowest BCUT2D eigenvalue weighted by Gasteiger charge is -2.40. The SMILES string of the molecule is O[C@H]1[C@@H](OCc2ccccc2)[C@H](O)[C@@H](COCc2ccccc2)O[C@@H]1O. The Morgan fingerprint density at radius 2 is 1.35 bits per heavy atom. The third kappa shape index (κ3) is 4.88. The first-order chi connectivity index (χ1) is 12.6. The van der Waals surface area contributed by atoms with E-state index < -0.39 is 30.7 Å². The van der Waals surface area contributed by atoms with Gasteiger partial charge in [-0.3, -0.25) is 0 Å². The van der Waals surface area contributed by atoms with E-state index >= 15 is 0 Å². The molecule has 1 heterocycles. The monoisotopic (exact) mass is 360 g/mol. The molecule has 1 aliphatic heterocycles. The van der Waals surface area contributed by atoms with Gasteiger partial charge in [0, 0.05) is 0 Å². The second-order valence-corrected chi connectivity index (χ2v) is 6.31. The zero-order chi connectivity index (χ0) is 18.4. The molecule has 1 aliphatic rings. The van der Waals surface area contributed by atoms with Gasteiger partial charge < -0.3 is 29.5 Å². The maximum absolute atomic E-state index is 10.5. The van der Waals surface area contributed by atoms with Crippen LogP contribution in [0.4, 0.5) is 0 Å². The van der Waals surface area contributed by atoms with E-state index in [1.807, 2.05) is 60.7 Å². The topological polar surface area (TPSA) is 88.4 Å². The molecule has 140 valence electrons. The molecule has 5 atom stereocenters. The Labute approximate surface area is 152 Å². The Bertz CT molecular complexity index is 650. The van der Waals surface area contributed by atoms with Crippen LogP contribution >= 0.6 is 0 Å². The molecule has 6 heteroatoms. The Morgan fingerprint density at radius 3 is 1.96 bits per heavy atom. The van der Waals surface area contributed by atoms with Gasteiger partial charge in [-0.05, 0) is 11.1 Å². The maximum Gasteiger partial charge on any atom is 0.184 e. The lowest BCUT2D eigenvalue weighted by Crippen LogP contribution is -2.59. The molecule has 3 N–H and O–H groups in total. The van der Waals surface area contributed by atoms with Crippen molar-refractivity contribution in [2.24, 2.45) is 0 Å². The molecule has 3 rings (SSSR count). The summed E-state index contributed by atoms with van der Waals surface area (Å²) in [6, 6.07) is 19.0. The molecule has 1 saturated heterocycles. The van der Waals surface area contributed by atoms with Crippen LogP contribution < -0.4 is 0 Å². The minimum absolute atomic E-state index is 0.0744. The predicted octanol–water partition coefficient (Wildman–Crippen LogP) is 1.23. The molecule has 0 unspecified atom stereocenters. The molecule has 0 aromatic heterocycles. The van der Waals surface area contributed by atoms with Crippen LogP contribution in [-0.4, -0.2) is 52.6 Å². The lowest BCUT2D eigenvalue weighted by atomic mass is 9.99. The van der Waals surface area contributed by atoms with Crippen LogP contribution in [0.2, 0.25) is 0 Å². The number of rotatable bonds is 7. The van der Waals surface area contributed by atoms with Crippen LogP contribution in [-0.2, 0) is 27.4 Å². The quantitative estimate of drug-likeness (QED) is 0.688. The summed E-state index contributed by atoms with van der Waals surface area (Å²) in [6.07, 6.45) is -5.65. The van der Waals surface area contributed by atoms with E-state index in [0.717, 1.165) is 11.1 Å². The zero-order valence-electron chi connectivity index (χ0n) is 14.3. The molecular formula is C20H24O6. The molecule has 0 radical (unpaired) electrons. The second-order valence-electron chi connectivity index (χ2n) is 6.31. The number of aliphatic hydroxyl groups excluding tert-OH is 3. The fourth-order valence-electron chi connectivity index (χ4n) is 2.88. The minimum Gasteiger partial charge on any atom is -0.387 e. The van der Waals surface area contributed by atoms with Gasteiger partial charge in [-0.25, -0.2) is 0 Å². The Hall–Kier alpha value is -1.80. The highest BCUT2D eigenvalue weighted by atomic mass is 16.7. The first-order valence-electron chi connectivity index (χ1n) is 8.62. The van der Waals surface area contributed by atoms with Gasteiger partial charge in [0.05, 0.1) is 19.8 Å². The van der Waals surface area contributed by atoms with Gasteiger partial charge >= 0.3 is 0 Å². The summed E-state index contributed by atoms with van der Waals surface area (Å²) < 4.78 is 16.5. The first-order valence-corrected chi connectivity index (χ1v) is 8.62. The van der Waals surface area contributed by atoms with Crippen molar-refractivity contribution in [3.05, 3.63) is 71.8 Å². The third-order valence-corrected chi connectivity index (χ3v) is 4.34. The molecule has 0 aliphatic carbocycles. The highest BCUT2D eigenvalue weighted by Gasteiger charge is 2.44. The molecule has 2 aromatic rings. The average molecular weight is 360 g/mol. The number of hydrogen-bond acceptors (Lipinski definition) is 6. The van der Waals surface area contributed by atoms with Gasteiger partial charge in [-0.2, -0.15) is 0 Å². The van der Waals surface area contributed by atoms with Crippen LogP contribution in [0, 0.1) is 0 Å². The van der Waals surface area contributed by atoms with Crippen molar-refractivity contribution in [1.29, 1.82) is 0 Å². The van der Waals surface area contributed by atoms with Crippen molar-refractivity contribution in [3.63, 3.8) is 0 Å². The number of ether oxygens (including phenoxy) is 3. The summed E-state index contributed by atoms with van der Waals surface area (Å²) in [6.45, 7) is 0.649. The van der Waals surface area contributed by atoms with E-state index in [-0.39, 0.29) is 13.2 Å². The normalized spacial score (nSPS) is 28.8. The average Bonchev–Trinajstić information content (AvgIpc) is 2.67. The van der Waals surface area contributed by atoms with Gasteiger partial charge in [0.1, 0.15) is 24.4 Å². The van der Waals surface area contributed by atoms with Crippen molar-refractivity contribution < 1.29 is 29.5 Å². The fraction of sp³-hybridized carbons (Fsp3) is 0.400. The van der Waals surface area contributed by atoms with Gasteiger partial charge in [-0.15, -0.1) is 0 Å². The Balaban J connectivity index is 1.55. The largest absolute Gasteiger partial charge is 0.387 e. The molecule has 0 spiro atoms. The lowest BCUT2D eigenvalue weighted by molar-refractivity contribution is -0.298. The van der Waals surface area contributed by atoms with E-state index in [0.29, 0.717) is 6.61 Å². The first kappa shape index (κ1) is 19.0. The number of benzene rings is 2. The van der Waals surface area contributed by atoms with Crippen molar-refractivity contribution in [2.45, 2.75) is 43.9 Å². The molecule has 0 bridgehead atoms. The minimum atomic E-state index is -1.44. The van der Waals surface area contributed by atoms with Crippen molar-refractivity contribution in [1.82, 2.24) is 0 Å². The highest BCUT2D eigenvalue weighted by molar-refractivity contribution is 5.14. The third-order valence-electron chi connectivity index (χ3n) is 4.34. The molecular weight excluding hydrogens is 336 g/mol. The van der Waals surface area contributed by atoms with Crippen LogP contribution in [0.15, 0.2) is 60.7 Å². The molecule has 1 fully saturated rings. The molecule has 2 aromatic carbocycles. The Morgan fingerprint density at radius 1 is 0.769 bits per heavy atom. The summed E-state index contributed by atoms with van der Waals surface area (Å²) in [5.41, 5.74) is 1.90. The van der Waals surface area contributed by atoms with Crippen molar-refractivity contribution >= 4 is 0 Å². The summed E-state index contributed by atoms with van der Waals surface area (Å²) in [5.74, 6) is 0.